The lowest BCUT2D eigenvalue weighted by Crippen LogP contribution is -2.55. The molecule has 104 valence electrons. The van der Waals surface area contributed by atoms with Gasteiger partial charge in [-0.2, -0.15) is 0 Å². The van der Waals surface area contributed by atoms with Gasteiger partial charge in [0, 0.05) is 42.3 Å². The molecule has 0 amide bonds. The third kappa shape index (κ3) is 2.86. The van der Waals surface area contributed by atoms with Crippen molar-refractivity contribution in [3.63, 3.8) is 0 Å². The minimum atomic E-state index is 0.553. The van der Waals surface area contributed by atoms with E-state index in [0.29, 0.717) is 11.9 Å². The molecule has 2 nitrogen and oxygen atoms in total. The highest BCUT2D eigenvalue weighted by Crippen LogP contribution is 2.30. The summed E-state index contributed by atoms with van der Waals surface area (Å²) in [6.45, 7) is 4.64. The molecule has 0 N–H and O–H groups in total. The number of benzene rings is 1. The molecule has 0 aromatic heterocycles. The van der Waals surface area contributed by atoms with Crippen LogP contribution in [0.2, 0.25) is 5.02 Å². The van der Waals surface area contributed by atoms with Gasteiger partial charge in [-0.3, -0.25) is 4.90 Å². The fourth-order valence-corrected chi connectivity index (χ4v) is 3.71. The second-order valence-electron chi connectivity index (χ2n) is 5.54. The number of anilines is 1. The molecule has 3 rings (SSSR count). The number of hydrogen-bond donors (Lipinski definition) is 0. The molecule has 2 fully saturated rings. The maximum absolute atomic E-state index is 6.15. The van der Waals surface area contributed by atoms with Crippen molar-refractivity contribution < 1.29 is 0 Å². The standard InChI is InChI=1S/C15H20Cl2N2/c16-10-12-4-5-13(17)9-15(12)19-8-7-18-6-2-1-3-14(18)11-19/h4-5,9,14H,1-3,6-8,10-11H2. The predicted molar refractivity (Wildman–Crippen MR) is 82.4 cm³/mol. The van der Waals surface area contributed by atoms with E-state index in [2.05, 4.69) is 21.9 Å². The van der Waals surface area contributed by atoms with Crippen molar-refractivity contribution in [2.45, 2.75) is 31.2 Å². The van der Waals surface area contributed by atoms with Gasteiger partial charge in [-0.1, -0.05) is 24.1 Å². The Morgan fingerprint density at radius 1 is 1.16 bits per heavy atom. The van der Waals surface area contributed by atoms with Gasteiger partial charge in [-0.25, -0.2) is 0 Å². The Balaban J connectivity index is 1.80. The minimum absolute atomic E-state index is 0.553. The van der Waals surface area contributed by atoms with Crippen LogP contribution in [-0.4, -0.2) is 37.1 Å². The summed E-state index contributed by atoms with van der Waals surface area (Å²) >= 11 is 12.2. The van der Waals surface area contributed by atoms with Crippen LogP contribution in [0.4, 0.5) is 5.69 Å². The molecule has 19 heavy (non-hydrogen) atoms. The van der Waals surface area contributed by atoms with Gasteiger partial charge in [0.15, 0.2) is 0 Å². The second-order valence-corrected chi connectivity index (χ2v) is 6.24. The summed E-state index contributed by atoms with van der Waals surface area (Å²) in [5.74, 6) is 0.553. The average Bonchev–Trinajstić information content (AvgIpc) is 2.46. The summed E-state index contributed by atoms with van der Waals surface area (Å²) in [4.78, 5) is 5.11. The highest BCUT2D eigenvalue weighted by atomic mass is 35.5. The smallest absolute Gasteiger partial charge is 0.0494 e. The van der Waals surface area contributed by atoms with Gasteiger partial charge >= 0.3 is 0 Å². The number of rotatable bonds is 2. The summed E-state index contributed by atoms with van der Waals surface area (Å²) in [7, 11) is 0. The van der Waals surface area contributed by atoms with Crippen LogP contribution < -0.4 is 4.90 Å². The minimum Gasteiger partial charge on any atom is -0.368 e. The molecular weight excluding hydrogens is 279 g/mol. The number of piperazine rings is 1. The lowest BCUT2D eigenvalue weighted by Gasteiger charge is -2.45. The number of nitrogens with zero attached hydrogens (tertiary/aromatic N) is 2. The Morgan fingerprint density at radius 3 is 2.89 bits per heavy atom. The number of halogens is 2. The fraction of sp³-hybridized carbons (Fsp3) is 0.600. The fourth-order valence-electron chi connectivity index (χ4n) is 3.32. The molecule has 0 aliphatic carbocycles. The van der Waals surface area contributed by atoms with Crippen LogP contribution in [0.5, 0.6) is 0 Å². The molecule has 2 aliphatic rings. The molecule has 2 saturated heterocycles. The Bertz CT molecular complexity index is 450. The van der Waals surface area contributed by atoms with Gasteiger partial charge in [0.25, 0.3) is 0 Å². The van der Waals surface area contributed by atoms with Crippen LogP contribution in [-0.2, 0) is 5.88 Å². The van der Waals surface area contributed by atoms with Gasteiger partial charge in [-0.15, -0.1) is 11.6 Å². The van der Waals surface area contributed by atoms with E-state index in [4.69, 9.17) is 23.2 Å². The molecule has 1 atom stereocenters. The summed E-state index contributed by atoms with van der Waals surface area (Å²) in [5.41, 5.74) is 2.42. The molecule has 1 aromatic carbocycles. The van der Waals surface area contributed by atoms with Crippen LogP contribution >= 0.6 is 23.2 Å². The van der Waals surface area contributed by atoms with E-state index in [1.165, 1.54) is 43.6 Å². The number of hydrogen-bond acceptors (Lipinski definition) is 2. The molecule has 0 radical (unpaired) electrons. The van der Waals surface area contributed by atoms with Gasteiger partial charge in [0.05, 0.1) is 0 Å². The lowest BCUT2D eigenvalue weighted by atomic mass is 9.99. The molecule has 0 saturated carbocycles. The van der Waals surface area contributed by atoms with Crippen LogP contribution in [0, 0.1) is 0 Å². The first kappa shape index (κ1) is 13.5. The van der Waals surface area contributed by atoms with Crippen molar-refractivity contribution in [3.8, 4) is 0 Å². The van der Waals surface area contributed by atoms with E-state index in [1.807, 2.05) is 6.07 Å². The van der Waals surface area contributed by atoms with E-state index in [0.717, 1.165) is 18.1 Å². The third-order valence-electron chi connectivity index (χ3n) is 4.37. The van der Waals surface area contributed by atoms with E-state index < -0.39 is 0 Å². The zero-order valence-corrected chi connectivity index (χ0v) is 12.6. The van der Waals surface area contributed by atoms with E-state index >= 15 is 0 Å². The Morgan fingerprint density at radius 2 is 2.05 bits per heavy atom. The Hall–Kier alpha value is -0.440. The van der Waals surface area contributed by atoms with Crippen LogP contribution in [0.25, 0.3) is 0 Å². The number of fused-ring (bicyclic) bond motifs is 1. The van der Waals surface area contributed by atoms with E-state index in [1.54, 1.807) is 0 Å². The normalized spacial score (nSPS) is 24.3. The molecule has 1 unspecified atom stereocenters. The summed E-state index contributed by atoms with van der Waals surface area (Å²) in [5, 5.41) is 0.801. The molecule has 1 aromatic rings. The van der Waals surface area contributed by atoms with Crippen LogP contribution in [0.15, 0.2) is 18.2 Å². The molecule has 2 heterocycles. The van der Waals surface area contributed by atoms with Gasteiger partial charge < -0.3 is 4.90 Å². The molecular formula is C15H20Cl2N2. The number of alkyl halides is 1. The lowest BCUT2D eigenvalue weighted by molar-refractivity contribution is 0.133. The van der Waals surface area contributed by atoms with Crippen molar-refractivity contribution in [2.75, 3.05) is 31.1 Å². The van der Waals surface area contributed by atoms with Gasteiger partial charge in [-0.05, 0) is 37.1 Å². The van der Waals surface area contributed by atoms with Crippen molar-refractivity contribution in [3.05, 3.63) is 28.8 Å². The van der Waals surface area contributed by atoms with E-state index in [-0.39, 0.29) is 0 Å². The highest BCUT2D eigenvalue weighted by molar-refractivity contribution is 6.31. The number of piperidine rings is 1. The highest BCUT2D eigenvalue weighted by Gasteiger charge is 2.29. The topological polar surface area (TPSA) is 6.48 Å². The van der Waals surface area contributed by atoms with Crippen molar-refractivity contribution in [2.24, 2.45) is 0 Å². The van der Waals surface area contributed by atoms with Crippen molar-refractivity contribution in [1.82, 2.24) is 4.90 Å². The zero-order valence-electron chi connectivity index (χ0n) is 11.1. The van der Waals surface area contributed by atoms with Crippen molar-refractivity contribution >= 4 is 28.9 Å². The van der Waals surface area contributed by atoms with Crippen LogP contribution in [0.1, 0.15) is 24.8 Å². The molecule has 0 spiro atoms. The summed E-state index contributed by atoms with van der Waals surface area (Å²) in [6.07, 6.45) is 4.06. The Kier molecular flexibility index (Phi) is 4.21. The average molecular weight is 299 g/mol. The first-order chi connectivity index (χ1) is 9.28. The largest absolute Gasteiger partial charge is 0.368 e. The molecule has 2 aliphatic heterocycles. The first-order valence-electron chi connectivity index (χ1n) is 7.11. The van der Waals surface area contributed by atoms with E-state index in [9.17, 15) is 0 Å². The monoisotopic (exact) mass is 298 g/mol. The predicted octanol–water partition coefficient (Wildman–Crippen LogP) is 3.75. The SMILES string of the molecule is ClCc1ccc(Cl)cc1N1CCN2CCCCC2C1. The van der Waals surface area contributed by atoms with Crippen LogP contribution in [0.3, 0.4) is 0 Å². The maximum Gasteiger partial charge on any atom is 0.0494 e. The Labute approximate surface area is 125 Å². The first-order valence-corrected chi connectivity index (χ1v) is 8.02. The van der Waals surface area contributed by atoms with Gasteiger partial charge in [0.2, 0.25) is 0 Å². The molecule has 0 bridgehead atoms. The summed E-state index contributed by atoms with van der Waals surface area (Å²) in [6, 6.07) is 6.76. The maximum atomic E-state index is 6.15. The zero-order chi connectivity index (χ0) is 13.2. The van der Waals surface area contributed by atoms with Crippen molar-refractivity contribution in [1.29, 1.82) is 0 Å². The molecule has 4 heteroatoms. The summed E-state index contributed by atoms with van der Waals surface area (Å²) < 4.78 is 0. The quantitative estimate of drug-likeness (QED) is 0.767. The van der Waals surface area contributed by atoms with Gasteiger partial charge in [0.1, 0.15) is 0 Å². The second kappa shape index (κ2) is 5.90. The third-order valence-corrected chi connectivity index (χ3v) is 4.89.